The summed E-state index contributed by atoms with van der Waals surface area (Å²) in [5, 5.41) is 6.54. The van der Waals surface area contributed by atoms with Gasteiger partial charge in [0.2, 0.25) is 5.95 Å². The van der Waals surface area contributed by atoms with Crippen LogP contribution in [0, 0.1) is 4.78 Å². The summed E-state index contributed by atoms with van der Waals surface area (Å²) in [7, 11) is -1.17. The van der Waals surface area contributed by atoms with Gasteiger partial charge >= 0.3 is 0 Å². The number of nitrogens with zero attached hydrogens (tertiary/aromatic N) is 2. The van der Waals surface area contributed by atoms with Gasteiger partial charge in [0.05, 0.1) is 16.8 Å². The molecule has 4 bridgehead atoms. The topological polar surface area (TPSA) is 100.0 Å². The van der Waals surface area contributed by atoms with Crippen LogP contribution in [0.25, 0.3) is 11.1 Å². The van der Waals surface area contributed by atoms with Gasteiger partial charge in [-0.05, 0) is 48.7 Å². The van der Waals surface area contributed by atoms with Crippen LogP contribution in [0.5, 0.6) is 5.75 Å². The van der Waals surface area contributed by atoms with Gasteiger partial charge in [-0.15, -0.1) is 0 Å². The molecule has 1 aromatic heterocycles. The quantitative estimate of drug-likeness (QED) is 0.576. The number of anilines is 3. The summed E-state index contributed by atoms with van der Waals surface area (Å²) < 4.78 is 26.3. The molecule has 0 aliphatic carbocycles. The van der Waals surface area contributed by atoms with E-state index in [0.717, 1.165) is 29.1 Å². The van der Waals surface area contributed by atoms with Gasteiger partial charge in [0.25, 0.3) is 0 Å². The van der Waals surface area contributed by atoms with Crippen molar-refractivity contribution >= 4 is 27.2 Å². The Hall–Kier alpha value is -3.13. The Kier molecular flexibility index (Phi) is 5.35. The van der Waals surface area contributed by atoms with Crippen molar-refractivity contribution in [1.29, 1.82) is 4.78 Å². The van der Waals surface area contributed by atoms with Crippen LogP contribution in [-0.2, 0) is 9.73 Å². The Morgan fingerprint density at radius 1 is 1.14 bits per heavy atom. The molecular formula is C21H23N5O2S. The predicted octanol–water partition coefficient (Wildman–Crippen LogP) is 4.51. The van der Waals surface area contributed by atoms with E-state index in [1.54, 1.807) is 31.5 Å². The first-order valence-electron chi connectivity index (χ1n) is 9.44. The number of nitrogens with one attached hydrogen (secondary N) is 3. The van der Waals surface area contributed by atoms with Crippen molar-refractivity contribution in [2.75, 3.05) is 30.0 Å². The number of fused-ring (bicyclic) bond motifs is 4. The Labute approximate surface area is 170 Å². The lowest BCUT2D eigenvalue weighted by atomic mass is 10.1. The Morgan fingerprint density at radius 2 is 1.97 bits per heavy atom. The third-order valence-corrected chi connectivity index (χ3v) is 6.69. The van der Waals surface area contributed by atoms with Crippen molar-refractivity contribution in [2.24, 2.45) is 0 Å². The van der Waals surface area contributed by atoms with E-state index in [9.17, 15) is 4.21 Å². The Balaban J connectivity index is 1.72. The van der Waals surface area contributed by atoms with E-state index in [2.05, 4.69) is 20.6 Å². The molecule has 1 atom stereocenters. The zero-order valence-electron chi connectivity index (χ0n) is 16.1. The fourth-order valence-electron chi connectivity index (χ4n) is 3.22. The number of rotatable bonds is 2. The van der Waals surface area contributed by atoms with E-state index in [4.69, 9.17) is 9.52 Å². The molecule has 0 amide bonds. The SMILES string of the molecule is COc1ccc(-c2cnc3nc2NCCCCS(=N)(=O)c2cccc(c2)N3)cc1. The first kappa shape index (κ1) is 19.2. The molecule has 4 rings (SSSR count). The minimum absolute atomic E-state index is 0.340. The van der Waals surface area contributed by atoms with Gasteiger partial charge in [-0.3, -0.25) is 0 Å². The van der Waals surface area contributed by atoms with Crippen molar-refractivity contribution in [3.8, 4) is 16.9 Å². The van der Waals surface area contributed by atoms with Crippen molar-refractivity contribution in [3.63, 3.8) is 0 Å². The largest absolute Gasteiger partial charge is 0.497 e. The van der Waals surface area contributed by atoms with Gasteiger partial charge in [-0.2, -0.15) is 4.98 Å². The molecule has 7 nitrogen and oxygen atoms in total. The third-order valence-electron chi connectivity index (χ3n) is 4.81. The molecule has 29 heavy (non-hydrogen) atoms. The van der Waals surface area contributed by atoms with Gasteiger partial charge in [-0.25, -0.2) is 14.0 Å². The number of benzene rings is 2. The number of aromatic nitrogens is 2. The molecule has 0 saturated heterocycles. The average molecular weight is 410 g/mol. The van der Waals surface area contributed by atoms with Crippen molar-refractivity contribution in [3.05, 3.63) is 54.7 Å². The number of hydrogen-bond acceptors (Lipinski definition) is 7. The minimum Gasteiger partial charge on any atom is -0.497 e. The average Bonchev–Trinajstić information content (AvgIpc) is 2.74. The fourth-order valence-corrected chi connectivity index (χ4v) is 4.68. The van der Waals surface area contributed by atoms with Crippen molar-refractivity contribution < 1.29 is 8.95 Å². The maximum absolute atomic E-state index is 12.8. The summed E-state index contributed by atoms with van der Waals surface area (Å²) in [6, 6.07) is 14.9. The van der Waals surface area contributed by atoms with Gasteiger partial charge < -0.3 is 15.4 Å². The first-order chi connectivity index (χ1) is 14.0. The highest BCUT2D eigenvalue weighted by molar-refractivity contribution is 7.92. The molecule has 3 N–H and O–H groups in total. The summed E-state index contributed by atoms with van der Waals surface area (Å²) in [4.78, 5) is 9.65. The molecular weight excluding hydrogens is 386 g/mol. The zero-order valence-corrected chi connectivity index (χ0v) is 17.0. The lowest BCUT2D eigenvalue weighted by Gasteiger charge is -2.13. The number of methoxy groups -OCH3 is 1. The fraction of sp³-hybridized carbons (Fsp3) is 0.238. The first-order valence-corrected chi connectivity index (χ1v) is 11.2. The second kappa shape index (κ2) is 8.08. The molecule has 0 radical (unpaired) electrons. The van der Waals surface area contributed by atoms with Crippen LogP contribution in [0.15, 0.2) is 59.6 Å². The van der Waals surface area contributed by atoms with Crippen LogP contribution in [-0.4, -0.2) is 33.6 Å². The van der Waals surface area contributed by atoms with E-state index in [1.165, 1.54) is 0 Å². The molecule has 1 aliphatic rings. The monoisotopic (exact) mass is 409 g/mol. The maximum atomic E-state index is 12.8. The maximum Gasteiger partial charge on any atom is 0.229 e. The summed E-state index contributed by atoms with van der Waals surface area (Å²) in [6.45, 7) is 0.673. The summed E-state index contributed by atoms with van der Waals surface area (Å²) in [5.41, 5.74) is 2.59. The number of ether oxygens (including phenoxy) is 1. The van der Waals surface area contributed by atoms with Crippen LogP contribution in [0.1, 0.15) is 12.8 Å². The van der Waals surface area contributed by atoms with E-state index in [-0.39, 0.29) is 0 Å². The van der Waals surface area contributed by atoms with Crippen molar-refractivity contribution in [1.82, 2.24) is 9.97 Å². The molecule has 0 fully saturated rings. The van der Waals surface area contributed by atoms with Gasteiger partial charge in [0.1, 0.15) is 11.6 Å². The Morgan fingerprint density at radius 3 is 2.76 bits per heavy atom. The highest BCUT2D eigenvalue weighted by Gasteiger charge is 2.14. The number of hydrogen-bond donors (Lipinski definition) is 3. The zero-order chi connectivity index (χ0) is 20.3. The lowest BCUT2D eigenvalue weighted by molar-refractivity contribution is 0.415. The van der Waals surface area contributed by atoms with Crippen LogP contribution < -0.4 is 15.4 Å². The van der Waals surface area contributed by atoms with Crippen LogP contribution >= 0.6 is 0 Å². The molecule has 0 spiro atoms. The molecule has 150 valence electrons. The molecule has 8 heteroatoms. The highest BCUT2D eigenvalue weighted by Crippen LogP contribution is 2.29. The van der Waals surface area contributed by atoms with Crippen LogP contribution in [0.3, 0.4) is 0 Å². The molecule has 2 heterocycles. The smallest absolute Gasteiger partial charge is 0.229 e. The summed E-state index contributed by atoms with van der Waals surface area (Å²) in [6.07, 6.45) is 3.28. The van der Waals surface area contributed by atoms with Gasteiger partial charge in [0, 0.05) is 34.6 Å². The van der Waals surface area contributed by atoms with Gasteiger partial charge in [-0.1, -0.05) is 18.2 Å². The Bertz CT molecular complexity index is 1110. The second-order valence-electron chi connectivity index (χ2n) is 6.85. The molecule has 2 aromatic carbocycles. The molecule has 1 aliphatic heterocycles. The second-order valence-corrected chi connectivity index (χ2v) is 9.08. The summed E-state index contributed by atoms with van der Waals surface area (Å²) >= 11 is 0. The van der Waals surface area contributed by atoms with E-state index < -0.39 is 9.73 Å². The molecule has 1 unspecified atom stereocenters. The van der Waals surface area contributed by atoms with Crippen molar-refractivity contribution in [2.45, 2.75) is 17.7 Å². The van der Waals surface area contributed by atoms with E-state index in [0.29, 0.717) is 35.2 Å². The minimum atomic E-state index is -2.81. The van der Waals surface area contributed by atoms with Crippen LogP contribution in [0.4, 0.5) is 17.5 Å². The van der Waals surface area contributed by atoms with Gasteiger partial charge in [0.15, 0.2) is 0 Å². The third kappa shape index (κ3) is 4.32. The summed E-state index contributed by atoms with van der Waals surface area (Å²) in [5.74, 6) is 2.30. The predicted molar refractivity (Wildman–Crippen MR) is 115 cm³/mol. The van der Waals surface area contributed by atoms with E-state index >= 15 is 0 Å². The molecule has 0 saturated carbocycles. The lowest BCUT2D eigenvalue weighted by Crippen LogP contribution is -2.09. The van der Waals surface area contributed by atoms with Crippen LogP contribution in [0.2, 0.25) is 0 Å². The van der Waals surface area contributed by atoms with E-state index in [1.807, 2.05) is 30.3 Å². The highest BCUT2D eigenvalue weighted by atomic mass is 32.2. The standard InChI is InChI=1S/C21H23N5O2S/c1-28-17-9-7-15(8-10-17)19-14-24-21-25-16-5-4-6-18(13-16)29(22,27)12-3-2-11-23-20(19)26-21/h4-10,13-14,22H,2-3,11-12H2,1H3,(H2,23,24,25,26). The molecule has 3 aromatic rings. The normalized spacial score (nSPS) is 18.9.